The number of hydrogen-bond acceptors (Lipinski definition) is 5. The maximum Gasteiger partial charge on any atom is 0.416 e. The fraction of sp³-hybridized carbons (Fsp3) is 0.289. The number of imide groups is 1. The van der Waals surface area contributed by atoms with Gasteiger partial charge in [0.15, 0.2) is 0 Å². The van der Waals surface area contributed by atoms with Crippen molar-refractivity contribution in [2.24, 2.45) is 0 Å². The van der Waals surface area contributed by atoms with E-state index in [4.69, 9.17) is 9.47 Å². The number of alkyl halides is 1. The average Bonchev–Trinajstić information content (AvgIpc) is 3.56. The standard InChI is InChI=1S/C32H28F2N2O4.C7H14.C4H7F.C2H4/c33-24-11-14-26(15-12-24)35-29(28-16-13-25(34)18-30(28)39-20-23-9-5-2-6-10-23)19-31(37)36-27(21-40-32(36)38)17-22-7-3-1-4-8-22;1-4-6-7(3)5-2;1-2-3-4-5;1-2/h1-16,18,27,29,35H,17,19-21H2;5H,4,6H2,1-3H3;2-3H,4H2,1H3;1-2H2/b;7-5+;3-2-;/t27-,29?;;;/m0.../s1. The molecule has 1 aliphatic heterocycles. The SMILES string of the molecule is C/C=C(\C)CCC.C/C=C\CF.C=C.O=C(CC(Nc1ccc(F)cc1)c1ccc(F)cc1OCc1ccccc1)N1C(=O)OC[C@@H]1Cc1ccccc1. The highest BCUT2D eigenvalue weighted by atomic mass is 19.1. The third-order valence-electron chi connectivity index (χ3n) is 8.16. The first-order valence-corrected chi connectivity index (χ1v) is 18.0. The second-order valence-electron chi connectivity index (χ2n) is 12.2. The number of cyclic esters (lactones) is 1. The minimum Gasteiger partial charge on any atom is -0.488 e. The fourth-order valence-electron chi connectivity index (χ4n) is 5.35. The van der Waals surface area contributed by atoms with Gasteiger partial charge in [0.25, 0.3) is 0 Å². The van der Waals surface area contributed by atoms with Crippen LogP contribution in [0.1, 0.15) is 69.7 Å². The van der Waals surface area contributed by atoms with E-state index in [-0.39, 0.29) is 32.1 Å². The Balaban J connectivity index is 0.000000618. The number of carbonyl (C=O) groups is 2. The van der Waals surface area contributed by atoms with Crippen molar-refractivity contribution in [2.45, 2.75) is 72.1 Å². The summed E-state index contributed by atoms with van der Waals surface area (Å²) in [4.78, 5) is 27.5. The van der Waals surface area contributed by atoms with Gasteiger partial charge >= 0.3 is 6.09 Å². The quantitative estimate of drug-likeness (QED) is 0.138. The first-order valence-electron chi connectivity index (χ1n) is 18.0. The summed E-state index contributed by atoms with van der Waals surface area (Å²) in [5.41, 5.74) is 4.42. The molecular formula is C45H53F3N2O4. The molecule has 6 nitrogen and oxygen atoms in total. The number of hydrogen-bond donors (Lipinski definition) is 1. The molecule has 0 radical (unpaired) electrons. The maximum atomic E-state index is 14.3. The monoisotopic (exact) mass is 742 g/mol. The molecule has 0 bridgehead atoms. The van der Waals surface area contributed by atoms with Gasteiger partial charge in [0, 0.05) is 17.3 Å². The van der Waals surface area contributed by atoms with Gasteiger partial charge in [-0.2, -0.15) is 0 Å². The van der Waals surface area contributed by atoms with E-state index in [0.717, 1.165) is 16.0 Å². The highest BCUT2D eigenvalue weighted by Crippen LogP contribution is 2.33. The largest absolute Gasteiger partial charge is 0.488 e. The number of amides is 2. The van der Waals surface area contributed by atoms with E-state index in [9.17, 15) is 22.8 Å². The lowest BCUT2D eigenvalue weighted by Crippen LogP contribution is -2.41. The Morgan fingerprint density at radius 1 is 0.944 bits per heavy atom. The lowest BCUT2D eigenvalue weighted by atomic mass is 10.00. The number of allylic oxidation sites excluding steroid dienone is 4. The topological polar surface area (TPSA) is 67.9 Å². The van der Waals surface area contributed by atoms with E-state index in [0.29, 0.717) is 17.7 Å². The van der Waals surface area contributed by atoms with Crippen LogP contribution in [-0.4, -0.2) is 36.2 Å². The smallest absolute Gasteiger partial charge is 0.416 e. The second kappa shape index (κ2) is 25.4. The van der Waals surface area contributed by atoms with Gasteiger partial charge in [0.1, 0.15) is 37.3 Å². The van der Waals surface area contributed by atoms with Crippen molar-refractivity contribution >= 4 is 17.7 Å². The van der Waals surface area contributed by atoms with Gasteiger partial charge in [-0.25, -0.2) is 22.9 Å². The Hall–Kier alpha value is -5.57. The summed E-state index contributed by atoms with van der Waals surface area (Å²) in [6, 6.07) is 27.6. The van der Waals surface area contributed by atoms with Gasteiger partial charge in [-0.3, -0.25) is 4.79 Å². The van der Waals surface area contributed by atoms with Crippen LogP contribution in [0.25, 0.3) is 0 Å². The number of nitrogens with one attached hydrogen (secondary N) is 1. The predicted octanol–water partition coefficient (Wildman–Crippen LogP) is 11.8. The summed E-state index contributed by atoms with van der Waals surface area (Å²) in [6.07, 6.45) is 7.43. The number of benzene rings is 4. The van der Waals surface area contributed by atoms with Gasteiger partial charge in [-0.05, 0) is 75.1 Å². The summed E-state index contributed by atoms with van der Waals surface area (Å²) in [6.45, 7) is 14.2. The molecule has 1 fully saturated rings. The van der Waals surface area contributed by atoms with Crippen LogP contribution in [0.4, 0.5) is 23.7 Å². The van der Waals surface area contributed by atoms with Crippen LogP contribution < -0.4 is 10.1 Å². The molecule has 54 heavy (non-hydrogen) atoms. The van der Waals surface area contributed by atoms with Crippen molar-refractivity contribution in [3.63, 3.8) is 0 Å². The molecule has 2 amide bonds. The molecule has 4 aromatic carbocycles. The van der Waals surface area contributed by atoms with Crippen LogP contribution in [0.3, 0.4) is 0 Å². The van der Waals surface area contributed by atoms with Crippen LogP contribution in [0, 0.1) is 11.6 Å². The van der Waals surface area contributed by atoms with Gasteiger partial charge in [-0.1, -0.05) is 104 Å². The number of anilines is 1. The summed E-state index contributed by atoms with van der Waals surface area (Å²) in [5.74, 6) is -1.11. The van der Waals surface area contributed by atoms with E-state index in [1.54, 1.807) is 31.2 Å². The molecule has 0 aromatic heterocycles. The third kappa shape index (κ3) is 15.6. The molecule has 0 aliphatic carbocycles. The van der Waals surface area contributed by atoms with Crippen molar-refractivity contribution in [1.82, 2.24) is 4.90 Å². The highest BCUT2D eigenvalue weighted by Gasteiger charge is 2.39. The lowest BCUT2D eigenvalue weighted by molar-refractivity contribution is -0.129. The number of ether oxygens (including phenoxy) is 2. The molecule has 9 heteroatoms. The van der Waals surface area contributed by atoms with Crippen molar-refractivity contribution in [3.05, 3.63) is 168 Å². The van der Waals surface area contributed by atoms with Gasteiger partial charge < -0.3 is 14.8 Å². The van der Waals surface area contributed by atoms with Crippen molar-refractivity contribution in [1.29, 1.82) is 0 Å². The zero-order chi connectivity index (χ0) is 39.7. The second-order valence-corrected chi connectivity index (χ2v) is 12.2. The van der Waals surface area contributed by atoms with Gasteiger partial charge in [-0.15, -0.1) is 13.2 Å². The van der Waals surface area contributed by atoms with E-state index < -0.39 is 35.7 Å². The van der Waals surface area contributed by atoms with Crippen LogP contribution >= 0.6 is 0 Å². The van der Waals surface area contributed by atoms with Crippen molar-refractivity contribution in [3.8, 4) is 5.75 Å². The van der Waals surface area contributed by atoms with Crippen molar-refractivity contribution < 1.29 is 32.2 Å². The van der Waals surface area contributed by atoms with Gasteiger partial charge in [0.2, 0.25) is 5.91 Å². The molecule has 288 valence electrons. The Morgan fingerprint density at radius 3 is 2.09 bits per heavy atom. The Bertz CT molecular complexity index is 1730. The van der Waals surface area contributed by atoms with E-state index >= 15 is 0 Å². The number of carbonyl (C=O) groups excluding carboxylic acids is 2. The number of halogens is 3. The minimum atomic E-state index is -0.727. The van der Waals surface area contributed by atoms with E-state index in [1.165, 1.54) is 48.8 Å². The van der Waals surface area contributed by atoms with E-state index in [2.05, 4.69) is 45.3 Å². The summed E-state index contributed by atoms with van der Waals surface area (Å²) in [5, 5.41) is 3.25. The van der Waals surface area contributed by atoms with Crippen molar-refractivity contribution in [2.75, 3.05) is 18.6 Å². The first kappa shape index (κ1) is 44.6. The number of nitrogens with zero attached hydrogens (tertiary/aromatic N) is 1. The van der Waals surface area contributed by atoms with Gasteiger partial charge in [0.05, 0.1) is 18.5 Å². The molecule has 4 aromatic rings. The molecule has 1 saturated heterocycles. The predicted molar refractivity (Wildman–Crippen MR) is 213 cm³/mol. The first-order chi connectivity index (χ1) is 26.2. The summed E-state index contributed by atoms with van der Waals surface area (Å²) >= 11 is 0. The molecule has 1 aliphatic rings. The van der Waals surface area contributed by atoms with Crippen LogP contribution in [-0.2, 0) is 22.6 Å². The average molecular weight is 743 g/mol. The summed E-state index contributed by atoms with van der Waals surface area (Å²) < 4.78 is 50.1. The van der Waals surface area contributed by atoms with Crippen LogP contribution in [0.2, 0.25) is 0 Å². The molecule has 1 heterocycles. The zero-order valence-electron chi connectivity index (χ0n) is 31.8. The highest BCUT2D eigenvalue weighted by molar-refractivity contribution is 5.94. The van der Waals surface area contributed by atoms with Crippen LogP contribution in [0.15, 0.2) is 140 Å². The zero-order valence-corrected chi connectivity index (χ0v) is 31.8. The molecule has 1 unspecified atom stereocenters. The molecular weight excluding hydrogens is 689 g/mol. The fourth-order valence-corrected chi connectivity index (χ4v) is 5.35. The Kier molecular flexibility index (Phi) is 21.0. The normalized spacial score (nSPS) is 14.0. The third-order valence-corrected chi connectivity index (χ3v) is 8.16. The molecule has 1 N–H and O–H groups in total. The molecule has 5 rings (SSSR count). The van der Waals surface area contributed by atoms with Crippen LogP contribution in [0.5, 0.6) is 5.75 Å². The molecule has 0 saturated carbocycles. The molecule has 0 spiro atoms. The minimum absolute atomic E-state index is 0.0948. The Labute approximate surface area is 319 Å². The number of rotatable bonds is 13. The molecule has 2 atom stereocenters. The lowest BCUT2D eigenvalue weighted by Gasteiger charge is -2.26. The van der Waals surface area contributed by atoms with E-state index in [1.807, 2.05) is 60.7 Å². The Morgan fingerprint density at radius 2 is 1.56 bits per heavy atom. The maximum absolute atomic E-state index is 14.3. The summed E-state index contributed by atoms with van der Waals surface area (Å²) in [7, 11) is 0.